The number of aromatic nitrogens is 1. The quantitative estimate of drug-likeness (QED) is 0.449. The van der Waals surface area contributed by atoms with E-state index in [2.05, 4.69) is 5.32 Å². The van der Waals surface area contributed by atoms with Gasteiger partial charge >= 0.3 is 0 Å². The van der Waals surface area contributed by atoms with Gasteiger partial charge in [0.05, 0.1) is 18.7 Å². The maximum Gasteiger partial charge on any atom is 0.297 e. The maximum atomic E-state index is 15.1. The number of likely N-dealkylation sites (tertiary alicyclic amines) is 1. The monoisotopic (exact) mass is 576 g/mol. The Bertz CT molecular complexity index is 1590. The molecular weight excluding hydrogens is 546 g/mol. The van der Waals surface area contributed by atoms with E-state index in [0.29, 0.717) is 30.2 Å². The predicted octanol–water partition coefficient (Wildman–Crippen LogP) is 3.40. The molecule has 4 aliphatic rings. The van der Waals surface area contributed by atoms with Gasteiger partial charge in [-0.1, -0.05) is 12.1 Å². The second kappa shape index (κ2) is 10.4. The van der Waals surface area contributed by atoms with E-state index >= 15 is 8.78 Å². The Balaban J connectivity index is 1.01. The van der Waals surface area contributed by atoms with Crippen molar-refractivity contribution >= 4 is 28.6 Å². The summed E-state index contributed by atoms with van der Waals surface area (Å²) in [5.74, 6) is -3.68. The summed E-state index contributed by atoms with van der Waals surface area (Å²) < 4.78 is 41.5. The molecule has 1 unspecified atom stereocenters. The number of rotatable bonds is 6. The zero-order valence-electron chi connectivity index (χ0n) is 22.9. The number of hydrogen-bond donors (Lipinski definition) is 1. The second-order valence-corrected chi connectivity index (χ2v) is 11.6. The molecule has 218 valence electrons. The van der Waals surface area contributed by atoms with Crippen molar-refractivity contribution in [2.24, 2.45) is 0 Å². The molecule has 7 rings (SSSR count). The van der Waals surface area contributed by atoms with Crippen molar-refractivity contribution < 1.29 is 32.6 Å². The summed E-state index contributed by atoms with van der Waals surface area (Å²) in [5, 5.41) is 3.24. The van der Waals surface area contributed by atoms with Gasteiger partial charge in [-0.25, -0.2) is 8.78 Å². The van der Waals surface area contributed by atoms with Crippen LogP contribution >= 0.6 is 0 Å². The number of hydrogen-bond acceptors (Lipinski definition) is 7. The van der Waals surface area contributed by atoms with E-state index in [1.807, 2.05) is 30.3 Å². The van der Waals surface area contributed by atoms with Crippen LogP contribution in [0, 0.1) is 0 Å². The Labute approximate surface area is 240 Å². The van der Waals surface area contributed by atoms with Gasteiger partial charge in [-0.15, -0.1) is 0 Å². The first-order chi connectivity index (χ1) is 20.2. The van der Waals surface area contributed by atoms with Crippen LogP contribution < -0.4 is 10.1 Å². The first-order valence-electron chi connectivity index (χ1n) is 14.3. The molecule has 0 bridgehead atoms. The Hall–Kier alpha value is -3.96. The summed E-state index contributed by atoms with van der Waals surface area (Å²) in [7, 11) is 0. The van der Waals surface area contributed by atoms with Gasteiger partial charge in [-0.2, -0.15) is 0 Å². The number of alkyl halides is 2. The number of benzene rings is 2. The lowest BCUT2D eigenvalue weighted by Crippen LogP contribution is -2.52. The summed E-state index contributed by atoms with van der Waals surface area (Å²) >= 11 is 0. The minimum Gasteiger partial charge on any atom is -0.483 e. The number of fused-ring (bicyclic) bond motifs is 2. The molecule has 11 heteroatoms. The molecule has 3 fully saturated rings. The zero-order valence-corrected chi connectivity index (χ0v) is 22.9. The van der Waals surface area contributed by atoms with E-state index in [4.69, 9.17) is 14.5 Å². The number of carbonyl (C=O) groups excluding carboxylic acids is 3. The highest BCUT2D eigenvalue weighted by Gasteiger charge is 2.50. The third-order valence-corrected chi connectivity index (χ3v) is 8.63. The van der Waals surface area contributed by atoms with Gasteiger partial charge in [0.1, 0.15) is 11.8 Å². The summed E-state index contributed by atoms with van der Waals surface area (Å²) in [6.07, 6.45) is 0.0265. The Kier molecular flexibility index (Phi) is 6.66. The van der Waals surface area contributed by atoms with E-state index in [1.165, 1.54) is 11.0 Å². The predicted molar refractivity (Wildman–Crippen MR) is 147 cm³/mol. The van der Waals surface area contributed by atoms with Gasteiger partial charge in [0.2, 0.25) is 11.8 Å². The summed E-state index contributed by atoms with van der Waals surface area (Å²) in [5.41, 5.74) is 3.83. The fourth-order valence-electron chi connectivity index (χ4n) is 6.41. The maximum absolute atomic E-state index is 15.1. The molecule has 2 aromatic carbocycles. The van der Waals surface area contributed by atoms with Crippen LogP contribution in [0.1, 0.15) is 52.4 Å². The standard InChI is InChI=1S/C31H30F2N4O5/c32-31(33)17-36(13-18-1-5-24-19(11-18)2-6-25(34-24)20-9-10-41-16-20)15-27(31)42-22-3-4-23-21(12-22)14-37(30(23)40)26-7-8-28(38)35-29(26)39/h1-6,11-12,20,26-27H,7-10,13-17H2,(H,35,38,39)/t20-,26?,27-/m1/s1. The number of piperidine rings is 1. The highest BCUT2D eigenvalue weighted by atomic mass is 19.3. The van der Waals surface area contributed by atoms with Gasteiger partial charge in [0.25, 0.3) is 11.8 Å². The van der Waals surface area contributed by atoms with Gasteiger partial charge in [-0.3, -0.25) is 29.6 Å². The lowest BCUT2D eigenvalue weighted by Gasteiger charge is -2.29. The summed E-state index contributed by atoms with van der Waals surface area (Å²) in [4.78, 5) is 44.6. The molecule has 0 aliphatic carbocycles. The molecule has 1 N–H and O–H groups in total. The Morgan fingerprint density at radius 3 is 2.76 bits per heavy atom. The Morgan fingerprint density at radius 1 is 1.07 bits per heavy atom. The smallest absolute Gasteiger partial charge is 0.297 e. The number of imide groups is 1. The van der Waals surface area contributed by atoms with E-state index in [0.717, 1.165) is 35.2 Å². The number of nitrogens with one attached hydrogen (secondary N) is 1. The molecule has 3 amide bonds. The van der Waals surface area contributed by atoms with Crippen molar-refractivity contribution in [1.82, 2.24) is 20.1 Å². The number of halogens is 2. The van der Waals surface area contributed by atoms with E-state index in [1.54, 1.807) is 17.0 Å². The van der Waals surface area contributed by atoms with Crippen LogP contribution in [-0.4, -0.2) is 76.9 Å². The van der Waals surface area contributed by atoms with Crippen LogP contribution in [-0.2, 0) is 27.4 Å². The van der Waals surface area contributed by atoms with Gasteiger partial charge in [-0.05, 0) is 60.4 Å². The van der Waals surface area contributed by atoms with Crippen molar-refractivity contribution in [1.29, 1.82) is 0 Å². The lowest BCUT2D eigenvalue weighted by molar-refractivity contribution is -0.136. The van der Waals surface area contributed by atoms with Crippen molar-refractivity contribution in [2.75, 3.05) is 26.3 Å². The summed E-state index contributed by atoms with van der Waals surface area (Å²) in [6, 6.07) is 13.9. The normalized spacial score (nSPS) is 25.7. The number of carbonyl (C=O) groups is 3. The molecule has 1 aromatic heterocycles. The minimum absolute atomic E-state index is 0.0440. The van der Waals surface area contributed by atoms with Crippen LogP contribution in [0.2, 0.25) is 0 Å². The van der Waals surface area contributed by atoms with E-state index in [9.17, 15) is 14.4 Å². The van der Waals surface area contributed by atoms with Crippen molar-refractivity contribution in [3.63, 3.8) is 0 Å². The second-order valence-electron chi connectivity index (χ2n) is 11.6. The fraction of sp³-hybridized carbons (Fsp3) is 0.419. The third kappa shape index (κ3) is 5.00. The first kappa shape index (κ1) is 26.9. The van der Waals surface area contributed by atoms with Gasteiger partial charge in [0.15, 0.2) is 6.10 Å². The molecule has 0 spiro atoms. The van der Waals surface area contributed by atoms with Crippen molar-refractivity contribution in [3.05, 3.63) is 70.9 Å². The highest BCUT2D eigenvalue weighted by Crippen LogP contribution is 2.35. The first-order valence-corrected chi connectivity index (χ1v) is 14.3. The number of amides is 3. The van der Waals surface area contributed by atoms with Crippen LogP contribution in [0.15, 0.2) is 48.5 Å². The number of ether oxygens (including phenoxy) is 2. The molecular formula is C31H30F2N4O5. The van der Waals surface area contributed by atoms with Crippen LogP contribution in [0.25, 0.3) is 10.9 Å². The SMILES string of the molecule is O=C1CCC(N2Cc3cc(O[C@@H]4CN(Cc5ccc6nc([C@@H]7CCOC7)ccc6c5)CC4(F)F)ccc3C2=O)C(=O)N1. The van der Waals surface area contributed by atoms with Crippen LogP contribution in [0.3, 0.4) is 0 Å². The molecule has 3 atom stereocenters. The zero-order chi connectivity index (χ0) is 29.0. The Morgan fingerprint density at radius 2 is 1.95 bits per heavy atom. The molecule has 4 aliphatic heterocycles. The van der Waals surface area contributed by atoms with E-state index < -0.39 is 30.5 Å². The average Bonchev–Trinajstić information content (AvgIpc) is 3.67. The van der Waals surface area contributed by atoms with Crippen LogP contribution in [0.4, 0.5) is 8.78 Å². The molecule has 3 aromatic rings. The lowest BCUT2D eigenvalue weighted by atomic mass is 10.0. The molecule has 5 heterocycles. The number of pyridine rings is 1. The molecule has 9 nitrogen and oxygen atoms in total. The molecule has 3 saturated heterocycles. The third-order valence-electron chi connectivity index (χ3n) is 8.63. The number of nitrogens with zero attached hydrogens (tertiary/aromatic N) is 3. The van der Waals surface area contributed by atoms with E-state index in [-0.39, 0.29) is 43.5 Å². The highest BCUT2D eigenvalue weighted by molar-refractivity contribution is 6.05. The van der Waals surface area contributed by atoms with Gasteiger partial charge in [0, 0.05) is 55.2 Å². The van der Waals surface area contributed by atoms with Crippen molar-refractivity contribution in [2.45, 2.75) is 56.3 Å². The van der Waals surface area contributed by atoms with Crippen molar-refractivity contribution in [3.8, 4) is 5.75 Å². The largest absolute Gasteiger partial charge is 0.483 e. The fourth-order valence-corrected chi connectivity index (χ4v) is 6.41. The summed E-state index contributed by atoms with van der Waals surface area (Å²) in [6.45, 7) is 1.56. The minimum atomic E-state index is -3.07. The average molecular weight is 577 g/mol. The molecule has 0 saturated carbocycles. The van der Waals surface area contributed by atoms with Gasteiger partial charge < -0.3 is 14.4 Å². The molecule has 0 radical (unpaired) electrons. The topological polar surface area (TPSA) is 101 Å². The van der Waals surface area contributed by atoms with Crippen LogP contribution in [0.5, 0.6) is 5.75 Å². The molecule has 42 heavy (non-hydrogen) atoms.